The first-order valence-corrected chi connectivity index (χ1v) is 8.16. The number of esters is 1. The minimum Gasteiger partial charge on any atom is -0.465 e. The van der Waals surface area contributed by atoms with E-state index in [2.05, 4.69) is 30.6 Å². The number of methoxy groups -OCH3 is 1. The molecule has 3 rings (SSSR count). The molecule has 0 radical (unpaired) electrons. The van der Waals surface area contributed by atoms with Gasteiger partial charge in [-0.3, -0.25) is 0 Å². The summed E-state index contributed by atoms with van der Waals surface area (Å²) in [4.78, 5) is 15.8. The molecule has 0 aliphatic rings. The van der Waals surface area contributed by atoms with Crippen LogP contribution in [0.4, 0.5) is 17.5 Å². The minimum atomic E-state index is -0.389. The van der Waals surface area contributed by atoms with Crippen LogP contribution in [0.5, 0.6) is 0 Å². The van der Waals surface area contributed by atoms with Crippen molar-refractivity contribution < 1.29 is 9.53 Å². The summed E-state index contributed by atoms with van der Waals surface area (Å²) in [5.74, 6) is 0.508. The van der Waals surface area contributed by atoms with Gasteiger partial charge in [0.1, 0.15) is 0 Å². The molecule has 0 fully saturated rings. The lowest BCUT2D eigenvalue weighted by molar-refractivity contribution is 0.0601. The Bertz CT molecular complexity index is 902. The smallest absolute Gasteiger partial charge is 0.337 e. The highest BCUT2D eigenvalue weighted by atomic mass is 35.5. The van der Waals surface area contributed by atoms with Crippen molar-refractivity contribution in [1.82, 2.24) is 15.2 Å². The van der Waals surface area contributed by atoms with E-state index in [9.17, 15) is 4.79 Å². The normalized spacial score (nSPS) is 10.2. The van der Waals surface area contributed by atoms with E-state index in [4.69, 9.17) is 11.6 Å². The number of nitrogens with one attached hydrogen (secondary N) is 2. The summed E-state index contributed by atoms with van der Waals surface area (Å²) in [5.41, 5.74) is 2.15. The number of hydrogen-bond acceptors (Lipinski definition) is 7. The minimum absolute atomic E-state index is 0.333. The highest BCUT2D eigenvalue weighted by Gasteiger charge is 2.06. The zero-order valence-corrected chi connectivity index (χ0v) is 14.7. The molecule has 132 valence electrons. The number of carbonyl (C=O) groups is 1. The average Bonchev–Trinajstić information content (AvgIpc) is 2.68. The van der Waals surface area contributed by atoms with Gasteiger partial charge < -0.3 is 15.4 Å². The lowest BCUT2D eigenvalue weighted by Gasteiger charge is -2.09. The van der Waals surface area contributed by atoms with E-state index in [1.54, 1.807) is 24.3 Å². The van der Waals surface area contributed by atoms with Crippen molar-refractivity contribution in [3.8, 4) is 0 Å². The van der Waals surface area contributed by atoms with E-state index in [0.717, 1.165) is 11.3 Å². The standard InChI is InChI=1S/C18H16ClN5O2/c1-26-17(25)12-6-8-14(9-7-12)22-18-23-16(11-21-24-18)20-10-13-4-2-3-5-15(13)19/h2-9,11H,10H2,1H3,(H2,20,22,23,24). The number of nitrogens with zero attached hydrogens (tertiary/aromatic N) is 3. The van der Waals surface area contributed by atoms with Crippen LogP contribution in [0, 0.1) is 0 Å². The van der Waals surface area contributed by atoms with Gasteiger partial charge in [-0.2, -0.15) is 10.1 Å². The maximum atomic E-state index is 11.4. The van der Waals surface area contributed by atoms with Gasteiger partial charge in [0.2, 0.25) is 5.95 Å². The second-order valence-electron chi connectivity index (χ2n) is 5.30. The molecule has 0 saturated heterocycles. The summed E-state index contributed by atoms with van der Waals surface area (Å²) in [6.07, 6.45) is 1.53. The van der Waals surface area contributed by atoms with E-state index in [1.807, 2.05) is 24.3 Å². The van der Waals surface area contributed by atoms with Crippen LogP contribution in [0.25, 0.3) is 0 Å². The third-order valence-corrected chi connectivity index (χ3v) is 3.91. The Kier molecular flexibility index (Phi) is 5.60. The van der Waals surface area contributed by atoms with Gasteiger partial charge in [-0.25, -0.2) is 4.79 Å². The molecule has 8 heteroatoms. The molecule has 0 atom stereocenters. The van der Waals surface area contributed by atoms with Crippen molar-refractivity contribution >= 4 is 35.0 Å². The van der Waals surface area contributed by atoms with E-state index >= 15 is 0 Å². The van der Waals surface area contributed by atoms with Crippen molar-refractivity contribution in [3.63, 3.8) is 0 Å². The SMILES string of the molecule is COC(=O)c1ccc(Nc2nncc(NCc3ccccc3Cl)n2)cc1. The molecule has 0 spiro atoms. The number of benzene rings is 2. The first-order valence-electron chi connectivity index (χ1n) is 7.78. The molecule has 3 aromatic rings. The van der Waals surface area contributed by atoms with Crippen LogP contribution in [-0.2, 0) is 11.3 Å². The molecule has 0 bridgehead atoms. The molecule has 26 heavy (non-hydrogen) atoms. The topological polar surface area (TPSA) is 89.0 Å². The second-order valence-corrected chi connectivity index (χ2v) is 5.71. The van der Waals surface area contributed by atoms with Gasteiger partial charge in [0.05, 0.1) is 18.9 Å². The number of anilines is 3. The monoisotopic (exact) mass is 369 g/mol. The van der Waals surface area contributed by atoms with Crippen LogP contribution in [0.3, 0.4) is 0 Å². The first kappa shape index (κ1) is 17.6. The lowest BCUT2D eigenvalue weighted by atomic mass is 10.2. The van der Waals surface area contributed by atoms with Crippen molar-refractivity contribution in [3.05, 3.63) is 70.9 Å². The van der Waals surface area contributed by atoms with Crippen LogP contribution < -0.4 is 10.6 Å². The van der Waals surface area contributed by atoms with Gasteiger partial charge >= 0.3 is 5.97 Å². The predicted molar refractivity (Wildman–Crippen MR) is 99.7 cm³/mol. The average molecular weight is 370 g/mol. The summed E-state index contributed by atoms with van der Waals surface area (Å²) < 4.78 is 4.67. The lowest BCUT2D eigenvalue weighted by Crippen LogP contribution is -2.06. The number of halogens is 1. The highest BCUT2D eigenvalue weighted by Crippen LogP contribution is 2.17. The van der Waals surface area contributed by atoms with Crippen LogP contribution in [-0.4, -0.2) is 28.3 Å². The van der Waals surface area contributed by atoms with E-state index < -0.39 is 0 Å². The Balaban J connectivity index is 1.65. The quantitative estimate of drug-likeness (QED) is 0.641. The van der Waals surface area contributed by atoms with Crippen molar-refractivity contribution in [2.24, 2.45) is 0 Å². The van der Waals surface area contributed by atoms with Gasteiger partial charge in [0, 0.05) is 17.3 Å². The Hall–Kier alpha value is -3.19. The largest absolute Gasteiger partial charge is 0.465 e. The van der Waals surface area contributed by atoms with Gasteiger partial charge in [-0.1, -0.05) is 29.8 Å². The molecule has 0 aliphatic carbocycles. The molecule has 2 aromatic carbocycles. The van der Waals surface area contributed by atoms with Crippen LogP contribution in [0.2, 0.25) is 5.02 Å². The zero-order chi connectivity index (χ0) is 18.4. The third kappa shape index (κ3) is 4.46. The predicted octanol–water partition coefficient (Wildman–Crippen LogP) is 3.67. The van der Waals surface area contributed by atoms with Crippen LogP contribution in [0.1, 0.15) is 15.9 Å². The molecular weight excluding hydrogens is 354 g/mol. The van der Waals surface area contributed by atoms with Crippen molar-refractivity contribution in [1.29, 1.82) is 0 Å². The highest BCUT2D eigenvalue weighted by molar-refractivity contribution is 6.31. The van der Waals surface area contributed by atoms with E-state index in [-0.39, 0.29) is 5.97 Å². The third-order valence-electron chi connectivity index (χ3n) is 3.54. The van der Waals surface area contributed by atoms with Crippen LogP contribution in [0.15, 0.2) is 54.7 Å². The fraction of sp³-hybridized carbons (Fsp3) is 0.111. The number of hydrogen-bond donors (Lipinski definition) is 2. The van der Waals surface area contributed by atoms with E-state index in [1.165, 1.54) is 13.3 Å². The number of aromatic nitrogens is 3. The van der Waals surface area contributed by atoms with Crippen molar-refractivity contribution in [2.45, 2.75) is 6.54 Å². The molecule has 7 nitrogen and oxygen atoms in total. The molecule has 0 unspecified atom stereocenters. The number of carbonyl (C=O) groups excluding carboxylic acids is 1. The fourth-order valence-corrected chi connectivity index (χ4v) is 2.41. The molecule has 1 heterocycles. The molecule has 2 N–H and O–H groups in total. The summed E-state index contributed by atoms with van der Waals surface area (Å²) >= 11 is 6.14. The van der Waals surface area contributed by atoms with Crippen LogP contribution >= 0.6 is 11.6 Å². The molecular formula is C18H16ClN5O2. The van der Waals surface area contributed by atoms with Gasteiger partial charge in [0.25, 0.3) is 0 Å². The Morgan fingerprint density at radius 1 is 1.15 bits per heavy atom. The second kappa shape index (κ2) is 8.26. The Morgan fingerprint density at radius 3 is 2.65 bits per heavy atom. The summed E-state index contributed by atoms with van der Waals surface area (Å²) in [7, 11) is 1.34. The first-order chi connectivity index (χ1) is 12.7. The summed E-state index contributed by atoms with van der Waals surface area (Å²) in [6, 6.07) is 14.4. The fourth-order valence-electron chi connectivity index (χ4n) is 2.21. The molecule has 1 aromatic heterocycles. The zero-order valence-electron chi connectivity index (χ0n) is 13.9. The van der Waals surface area contributed by atoms with E-state index in [0.29, 0.717) is 28.9 Å². The molecule has 0 saturated carbocycles. The molecule has 0 aliphatic heterocycles. The summed E-state index contributed by atoms with van der Waals surface area (Å²) in [6.45, 7) is 0.519. The van der Waals surface area contributed by atoms with Gasteiger partial charge in [0.15, 0.2) is 5.82 Å². The van der Waals surface area contributed by atoms with Crippen molar-refractivity contribution in [2.75, 3.05) is 17.7 Å². The summed E-state index contributed by atoms with van der Waals surface area (Å²) in [5, 5.41) is 14.8. The number of ether oxygens (including phenoxy) is 1. The van der Waals surface area contributed by atoms with Gasteiger partial charge in [-0.15, -0.1) is 5.10 Å². The maximum Gasteiger partial charge on any atom is 0.337 e. The number of rotatable bonds is 6. The Morgan fingerprint density at radius 2 is 1.92 bits per heavy atom. The maximum absolute atomic E-state index is 11.4. The van der Waals surface area contributed by atoms with Gasteiger partial charge in [-0.05, 0) is 35.9 Å². The molecule has 0 amide bonds. The Labute approximate surface area is 155 Å².